The van der Waals surface area contributed by atoms with E-state index in [2.05, 4.69) is 76.7 Å². The van der Waals surface area contributed by atoms with Crippen LogP contribution in [0, 0.1) is 0 Å². The highest BCUT2D eigenvalue weighted by molar-refractivity contribution is 14.2. The summed E-state index contributed by atoms with van der Waals surface area (Å²) in [7, 11) is 1.83. The van der Waals surface area contributed by atoms with Crippen LogP contribution in [0.1, 0.15) is 18.1 Å². The molecule has 0 saturated carbocycles. The highest BCUT2D eigenvalue weighted by atomic mass is 127. The summed E-state index contributed by atoms with van der Waals surface area (Å²) in [5.41, 5.74) is 2.61. The molecule has 1 aromatic carbocycles. The molecular weight excluding hydrogens is 303 g/mol. The van der Waals surface area contributed by atoms with Gasteiger partial charge in [0.1, 0.15) is 0 Å². The second-order valence-corrected chi connectivity index (χ2v) is 5.91. The predicted molar refractivity (Wildman–Crippen MR) is 74.5 cm³/mol. The zero-order valence-corrected chi connectivity index (χ0v) is 10.9. The first-order chi connectivity index (χ1) is 6.73. The van der Waals surface area contributed by atoms with Crippen molar-refractivity contribution in [1.29, 1.82) is 0 Å². The van der Waals surface area contributed by atoms with Crippen LogP contribution in [0.2, 0.25) is 0 Å². The van der Waals surface area contributed by atoms with Crippen molar-refractivity contribution in [2.45, 2.75) is 11.7 Å². The Labute approximate surface area is 101 Å². The van der Waals surface area contributed by atoms with Crippen LogP contribution in [0.3, 0.4) is 0 Å². The molecule has 0 spiro atoms. The molecule has 0 heterocycles. The Morgan fingerprint density at radius 2 is 1.57 bits per heavy atom. The summed E-state index contributed by atoms with van der Waals surface area (Å²) >= 11 is 2.35. The second kappa shape index (κ2) is 4.11. The molecule has 14 heavy (non-hydrogen) atoms. The van der Waals surface area contributed by atoms with Crippen LogP contribution >= 0.6 is 30.1 Å². The maximum atomic E-state index is 2.35. The van der Waals surface area contributed by atoms with Crippen molar-refractivity contribution in [3.63, 3.8) is 0 Å². The number of rotatable bonds is 1. The first kappa shape index (κ1) is 10.3. The van der Waals surface area contributed by atoms with Gasteiger partial charge in [-0.3, -0.25) is 0 Å². The third-order valence-electron chi connectivity index (χ3n) is 2.35. The van der Waals surface area contributed by atoms with Crippen LogP contribution < -0.4 is 0 Å². The summed E-state index contributed by atoms with van der Waals surface area (Å²) in [6.45, 7) is 2.23. The van der Waals surface area contributed by atoms with Crippen molar-refractivity contribution >= 4 is 42.3 Å². The molecule has 0 aliphatic heterocycles. The molecule has 0 unspecified atom stereocenters. The van der Waals surface area contributed by atoms with Gasteiger partial charge in [-0.05, 0) is 39.3 Å². The monoisotopic (exact) mass is 314 g/mol. The molecule has 1 aromatic rings. The predicted octanol–water partition coefficient (Wildman–Crippen LogP) is 4.57. The van der Waals surface area contributed by atoms with Crippen molar-refractivity contribution in [2.75, 3.05) is 0 Å². The normalized spacial score (nSPS) is 17.6. The molecule has 0 fully saturated rings. The van der Waals surface area contributed by atoms with Crippen molar-refractivity contribution in [3.05, 3.63) is 47.5 Å². The van der Waals surface area contributed by atoms with Gasteiger partial charge in [0.05, 0.1) is 4.75 Å². The number of hydrogen-bond acceptors (Lipinski definition) is 1. The summed E-state index contributed by atoms with van der Waals surface area (Å²) in [4.78, 5) is 0. The smallest absolute Gasteiger partial charge is 0.0597 e. The number of halogens is 1. The Morgan fingerprint density at radius 3 is 2.00 bits per heavy atom. The highest BCUT2D eigenvalue weighted by Gasteiger charge is 2.18. The van der Waals surface area contributed by atoms with E-state index in [1.807, 2.05) is 8.93 Å². The molecule has 0 saturated heterocycles. The lowest BCUT2D eigenvalue weighted by molar-refractivity contribution is 1.03. The van der Waals surface area contributed by atoms with Gasteiger partial charge in [0.25, 0.3) is 0 Å². The van der Waals surface area contributed by atoms with Gasteiger partial charge in [0.15, 0.2) is 0 Å². The van der Waals surface area contributed by atoms with Gasteiger partial charge >= 0.3 is 0 Å². The fraction of sp³-hybridized carbons (Fsp3) is 0.167. The summed E-state index contributed by atoms with van der Waals surface area (Å²) < 4.78 is 0.125. The SMILES string of the molecule is CC1(SI)C=Cc2ccccc2C=C1. The highest BCUT2D eigenvalue weighted by Crippen LogP contribution is 2.36. The summed E-state index contributed by atoms with van der Waals surface area (Å²) in [6, 6.07) is 8.47. The molecular formula is C12H11IS. The maximum absolute atomic E-state index is 2.35. The maximum Gasteiger partial charge on any atom is 0.0597 e. The van der Waals surface area contributed by atoms with E-state index in [9.17, 15) is 0 Å². The molecule has 72 valence electrons. The first-order valence-corrected chi connectivity index (χ1v) is 7.87. The lowest BCUT2D eigenvalue weighted by atomic mass is 10.1. The standard InChI is InChI=1S/C12H11IS/c1-12(14-13)8-6-10-4-2-3-5-11(10)7-9-12/h2-9H,1H3. The Kier molecular flexibility index (Phi) is 3.02. The van der Waals surface area contributed by atoms with E-state index in [-0.39, 0.29) is 4.75 Å². The third-order valence-corrected chi connectivity index (χ3v) is 5.80. The Balaban J connectivity index is 2.47. The van der Waals surface area contributed by atoms with E-state index in [0.29, 0.717) is 0 Å². The molecule has 2 heteroatoms. The van der Waals surface area contributed by atoms with Crippen molar-refractivity contribution in [1.82, 2.24) is 0 Å². The van der Waals surface area contributed by atoms with Crippen LogP contribution in [0.4, 0.5) is 0 Å². The quantitative estimate of drug-likeness (QED) is 0.684. The van der Waals surface area contributed by atoms with E-state index < -0.39 is 0 Å². The van der Waals surface area contributed by atoms with Crippen molar-refractivity contribution in [3.8, 4) is 0 Å². The topological polar surface area (TPSA) is 0 Å². The molecule has 1 aliphatic rings. The average Bonchev–Trinajstić information content (AvgIpc) is 2.40. The van der Waals surface area contributed by atoms with Gasteiger partial charge < -0.3 is 0 Å². The zero-order valence-electron chi connectivity index (χ0n) is 7.91. The van der Waals surface area contributed by atoms with Crippen molar-refractivity contribution in [2.24, 2.45) is 0 Å². The van der Waals surface area contributed by atoms with Crippen LogP contribution in [0.5, 0.6) is 0 Å². The Hall–Kier alpha value is -0.220. The molecule has 0 atom stereocenters. The average molecular weight is 314 g/mol. The van der Waals surface area contributed by atoms with E-state index in [4.69, 9.17) is 0 Å². The van der Waals surface area contributed by atoms with Gasteiger partial charge in [-0.25, -0.2) is 0 Å². The fourth-order valence-corrected chi connectivity index (χ4v) is 2.55. The van der Waals surface area contributed by atoms with Gasteiger partial charge in [0, 0.05) is 0 Å². The molecule has 0 amide bonds. The van der Waals surface area contributed by atoms with Crippen LogP contribution in [-0.4, -0.2) is 4.75 Å². The molecule has 0 bridgehead atoms. The lowest BCUT2D eigenvalue weighted by Gasteiger charge is -2.15. The van der Waals surface area contributed by atoms with E-state index in [0.717, 1.165) is 0 Å². The van der Waals surface area contributed by atoms with Gasteiger partial charge in [0.2, 0.25) is 0 Å². The molecule has 0 aromatic heterocycles. The fourth-order valence-electron chi connectivity index (χ4n) is 1.43. The van der Waals surface area contributed by atoms with Gasteiger partial charge in [-0.15, -0.1) is 0 Å². The van der Waals surface area contributed by atoms with E-state index >= 15 is 0 Å². The molecule has 2 rings (SSSR count). The summed E-state index contributed by atoms with van der Waals surface area (Å²) in [5, 5.41) is 0. The number of hydrogen-bond donors (Lipinski definition) is 0. The largest absolute Gasteiger partial charge is 0.0744 e. The molecule has 0 N–H and O–H groups in total. The molecule has 0 nitrogen and oxygen atoms in total. The van der Waals surface area contributed by atoms with Gasteiger partial charge in [-0.1, -0.05) is 57.5 Å². The van der Waals surface area contributed by atoms with Gasteiger partial charge in [-0.2, -0.15) is 0 Å². The number of benzene rings is 1. The molecule has 1 aliphatic carbocycles. The Bertz CT molecular complexity index is 360. The van der Waals surface area contributed by atoms with E-state index in [1.54, 1.807) is 0 Å². The lowest BCUT2D eigenvalue weighted by Crippen LogP contribution is -2.08. The second-order valence-electron chi connectivity index (χ2n) is 3.56. The zero-order chi connectivity index (χ0) is 10.0. The van der Waals surface area contributed by atoms with E-state index in [1.165, 1.54) is 11.1 Å². The van der Waals surface area contributed by atoms with Crippen LogP contribution in [0.15, 0.2) is 36.4 Å². The summed E-state index contributed by atoms with van der Waals surface area (Å²) in [5.74, 6) is 0. The number of fused-ring (bicyclic) bond motifs is 1. The minimum absolute atomic E-state index is 0.125. The minimum atomic E-state index is 0.125. The minimum Gasteiger partial charge on any atom is -0.0744 e. The summed E-state index contributed by atoms with van der Waals surface area (Å²) in [6.07, 6.45) is 8.93. The van der Waals surface area contributed by atoms with Crippen LogP contribution in [0.25, 0.3) is 12.2 Å². The first-order valence-electron chi connectivity index (χ1n) is 4.51. The van der Waals surface area contributed by atoms with Crippen molar-refractivity contribution < 1.29 is 0 Å². The third kappa shape index (κ3) is 2.06. The van der Waals surface area contributed by atoms with Crippen LogP contribution in [-0.2, 0) is 0 Å². The Morgan fingerprint density at radius 1 is 1.07 bits per heavy atom. The molecule has 0 radical (unpaired) electrons.